The first-order chi connectivity index (χ1) is 8.58. The minimum Gasteiger partial charge on any atom is -0.477 e. The Morgan fingerprint density at radius 1 is 1.44 bits per heavy atom. The Balaban J connectivity index is 1.99. The zero-order valence-electron chi connectivity index (χ0n) is 10.4. The molecule has 2 N–H and O–H groups in total. The number of aromatic nitrogens is 1. The van der Waals surface area contributed by atoms with Gasteiger partial charge in [-0.25, -0.2) is 9.78 Å². The van der Waals surface area contributed by atoms with Crippen molar-refractivity contribution in [2.24, 2.45) is 5.92 Å². The molecule has 0 amide bonds. The number of carbonyl (C=O) groups is 1. The Bertz CT molecular complexity index is 409. The van der Waals surface area contributed by atoms with Crippen molar-refractivity contribution in [3.8, 4) is 0 Å². The van der Waals surface area contributed by atoms with Gasteiger partial charge in [0, 0.05) is 13.1 Å². The maximum absolute atomic E-state index is 10.7. The van der Waals surface area contributed by atoms with Gasteiger partial charge in [-0.05, 0) is 37.8 Å². The second kappa shape index (κ2) is 5.35. The van der Waals surface area contributed by atoms with E-state index < -0.39 is 5.97 Å². The van der Waals surface area contributed by atoms with Crippen LogP contribution in [0.2, 0.25) is 0 Å². The van der Waals surface area contributed by atoms with Crippen LogP contribution >= 0.6 is 0 Å². The second-order valence-corrected chi connectivity index (χ2v) is 4.77. The minimum atomic E-state index is -1.01. The monoisotopic (exact) mass is 250 g/mol. The Labute approximate surface area is 106 Å². The van der Waals surface area contributed by atoms with Crippen molar-refractivity contribution >= 4 is 11.7 Å². The van der Waals surface area contributed by atoms with E-state index in [0.717, 1.165) is 31.6 Å². The van der Waals surface area contributed by atoms with Crippen molar-refractivity contribution in [1.29, 1.82) is 0 Å². The molecule has 0 radical (unpaired) electrons. The number of aromatic carboxylic acids is 1. The van der Waals surface area contributed by atoms with Crippen LogP contribution in [0.4, 0.5) is 5.69 Å². The standard InChI is InChI=1S/C13H18N2O3/c1-9(16)10-4-6-15(7-5-10)11-2-3-12(13(17)18)14-8-11/h2-3,8-10,16H,4-7H2,1H3,(H,17,18). The van der Waals surface area contributed by atoms with Crippen LogP contribution in [0.15, 0.2) is 18.3 Å². The number of carboxylic acids is 1. The van der Waals surface area contributed by atoms with E-state index in [4.69, 9.17) is 5.11 Å². The van der Waals surface area contributed by atoms with Crippen LogP contribution in [0.1, 0.15) is 30.3 Å². The predicted octanol–water partition coefficient (Wildman–Crippen LogP) is 1.38. The summed E-state index contributed by atoms with van der Waals surface area (Å²) < 4.78 is 0. The highest BCUT2D eigenvalue weighted by molar-refractivity contribution is 5.85. The van der Waals surface area contributed by atoms with Crippen LogP contribution < -0.4 is 4.90 Å². The molecule has 1 saturated heterocycles. The van der Waals surface area contributed by atoms with Gasteiger partial charge in [-0.2, -0.15) is 0 Å². The van der Waals surface area contributed by atoms with Crippen LogP contribution in [0.5, 0.6) is 0 Å². The summed E-state index contributed by atoms with van der Waals surface area (Å²) in [5, 5.41) is 18.3. The molecule has 1 unspecified atom stereocenters. The van der Waals surface area contributed by atoms with E-state index in [9.17, 15) is 9.90 Å². The van der Waals surface area contributed by atoms with Gasteiger partial charge in [0.25, 0.3) is 0 Å². The molecule has 1 aromatic rings. The van der Waals surface area contributed by atoms with Gasteiger partial charge in [0.1, 0.15) is 5.69 Å². The summed E-state index contributed by atoms with van der Waals surface area (Å²) in [4.78, 5) is 16.8. The fraction of sp³-hybridized carbons (Fsp3) is 0.538. The van der Waals surface area contributed by atoms with E-state index in [2.05, 4.69) is 9.88 Å². The SMILES string of the molecule is CC(O)C1CCN(c2ccc(C(=O)O)nc2)CC1. The number of carboxylic acid groups (broad SMARTS) is 1. The molecule has 5 nitrogen and oxygen atoms in total. The normalized spacial score (nSPS) is 18.7. The predicted molar refractivity (Wildman–Crippen MR) is 67.8 cm³/mol. The van der Waals surface area contributed by atoms with E-state index in [1.54, 1.807) is 12.3 Å². The molecule has 0 spiro atoms. The average molecular weight is 250 g/mol. The van der Waals surface area contributed by atoms with Gasteiger partial charge in [-0.3, -0.25) is 0 Å². The van der Waals surface area contributed by atoms with Crippen molar-refractivity contribution in [3.63, 3.8) is 0 Å². The summed E-state index contributed by atoms with van der Waals surface area (Å²) in [6.07, 6.45) is 3.27. The van der Waals surface area contributed by atoms with Crippen molar-refractivity contribution in [1.82, 2.24) is 4.98 Å². The summed E-state index contributed by atoms with van der Waals surface area (Å²) in [7, 11) is 0. The van der Waals surface area contributed by atoms with Gasteiger partial charge in [-0.15, -0.1) is 0 Å². The quantitative estimate of drug-likeness (QED) is 0.847. The topological polar surface area (TPSA) is 73.7 Å². The molecule has 5 heteroatoms. The van der Waals surface area contributed by atoms with E-state index in [1.165, 1.54) is 6.07 Å². The average Bonchev–Trinajstić information content (AvgIpc) is 2.39. The lowest BCUT2D eigenvalue weighted by Crippen LogP contribution is -2.37. The van der Waals surface area contributed by atoms with Crippen LogP contribution in [0.25, 0.3) is 0 Å². The molecule has 2 rings (SSSR count). The third-order valence-corrected chi connectivity index (χ3v) is 3.55. The molecule has 2 heterocycles. The maximum Gasteiger partial charge on any atom is 0.354 e. The zero-order valence-corrected chi connectivity index (χ0v) is 10.4. The minimum absolute atomic E-state index is 0.0672. The Morgan fingerprint density at radius 3 is 2.56 bits per heavy atom. The fourth-order valence-electron chi connectivity index (χ4n) is 2.34. The lowest BCUT2D eigenvalue weighted by molar-refractivity contribution is 0.0690. The van der Waals surface area contributed by atoms with Crippen molar-refractivity contribution in [2.45, 2.75) is 25.9 Å². The fourth-order valence-corrected chi connectivity index (χ4v) is 2.34. The van der Waals surface area contributed by atoms with E-state index in [0.29, 0.717) is 5.92 Å². The van der Waals surface area contributed by atoms with E-state index >= 15 is 0 Å². The first kappa shape index (κ1) is 12.8. The Kier molecular flexibility index (Phi) is 3.81. The van der Waals surface area contributed by atoms with Crippen molar-refractivity contribution in [3.05, 3.63) is 24.0 Å². The smallest absolute Gasteiger partial charge is 0.354 e. The molecular formula is C13H18N2O3. The number of rotatable bonds is 3. The first-order valence-corrected chi connectivity index (χ1v) is 6.20. The molecule has 98 valence electrons. The molecule has 18 heavy (non-hydrogen) atoms. The molecule has 0 aliphatic carbocycles. The summed E-state index contributed by atoms with van der Waals surface area (Å²) in [5.74, 6) is -0.637. The third-order valence-electron chi connectivity index (χ3n) is 3.55. The first-order valence-electron chi connectivity index (χ1n) is 6.20. The number of nitrogens with zero attached hydrogens (tertiary/aromatic N) is 2. The van der Waals surface area contributed by atoms with Crippen molar-refractivity contribution in [2.75, 3.05) is 18.0 Å². The highest BCUT2D eigenvalue weighted by Crippen LogP contribution is 2.24. The summed E-state index contributed by atoms with van der Waals surface area (Å²) >= 11 is 0. The second-order valence-electron chi connectivity index (χ2n) is 4.77. The lowest BCUT2D eigenvalue weighted by atomic mass is 9.92. The van der Waals surface area contributed by atoms with E-state index in [1.807, 2.05) is 6.92 Å². The number of aliphatic hydroxyl groups excluding tert-OH is 1. The highest BCUT2D eigenvalue weighted by Gasteiger charge is 2.22. The third kappa shape index (κ3) is 2.79. The number of piperidine rings is 1. The maximum atomic E-state index is 10.7. The lowest BCUT2D eigenvalue weighted by Gasteiger charge is -2.34. The number of hydrogen-bond donors (Lipinski definition) is 2. The van der Waals surface area contributed by atoms with Gasteiger partial charge >= 0.3 is 5.97 Å². The molecule has 0 saturated carbocycles. The molecular weight excluding hydrogens is 232 g/mol. The number of pyridine rings is 1. The summed E-state index contributed by atoms with van der Waals surface area (Å²) in [6.45, 7) is 3.59. The molecule has 0 bridgehead atoms. The van der Waals surface area contributed by atoms with Crippen LogP contribution in [-0.4, -0.2) is 40.4 Å². The number of aliphatic hydroxyl groups is 1. The zero-order chi connectivity index (χ0) is 13.1. The Morgan fingerprint density at radius 2 is 2.11 bits per heavy atom. The molecule has 1 fully saturated rings. The molecule has 0 aromatic carbocycles. The number of anilines is 1. The van der Waals surface area contributed by atoms with Gasteiger partial charge in [-0.1, -0.05) is 0 Å². The molecule has 1 aliphatic heterocycles. The van der Waals surface area contributed by atoms with E-state index in [-0.39, 0.29) is 11.8 Å². The molecule has 1 atom stereocenters. The summed E-state index contributed by atoms with van der Waals surface area (Å²) in [5.41, 5.74) is 1.02. The van der Waals surface area contributed by atoms with Crippen molar-refractivity contribution < 1.29 is 15.0 Å². The summed E-state index contributed by atoms with van der Waals surface area (Å²) in [6, 6.07) is 3.32. The van der Waals surface area contributed by atoms with Crippen LogP contribution in [0, 0.1) is 5.92 Å². The van der Waals surface area contributed by atoms with Gasteiger partial charge in [0.2, 0.25) is 0 Å². The highest BCUT2D eigenvalue weighted by atomic mass is 16.4. The largest absolute Gasteiger partial charge is 0.477 e. The molecule has 1 aliphatic rings. The van der Waals surface area contributed by atoms with Crippen LogP contribution in [0.3, 0.4) is 0 Å². The van der Waals surface area contributed by atoms with Gasteiger partial charge < -0.3 is 15.1 Å². The molecule has 1 aromatic heterocycles. The van der Waals surface area contributed by atoms with Gasteiger partial charge in [0.05, 0.1) is 18.0 Å². The van der Waals surface area contributed by atoms with Gasteiger partial charge in [0.15, 0.2) is 0 Å². The Hall–Kier alpha value is -1.62. The number of hydrogen-bond acceptors (Lipinski definition) is 4. The van der Waals surface area contributed by atoms with Crippen LogP contribution in [-0.2, 0) is 0 Å².